The fourth-order valence-electron chi connectivity index (χ4n) is 3.51. The molecule has 3 heterocycles. The van der Waals surface area contributed by atoms with Gasteiger partial charge in [0.15, 0.2) is 0 Å². The lowest BCUT2D eigenvalue weighted by molar-refractivity contribution is 0.307. The number of aromatic nitrogens is 2. The summed E-state index contributed by atoms with van der Waals surface area (Å²) in [6, 6.07) is 9.55. The predicted octanol–water partition coefficient (Wildman–Crippen LogP) is 1.67. The van der Waals surface area contributed by atoms with E-state index in [0.717, 1.165) is 18.5 Å². The van der Waals surface area contributed by atoms with Gasteiger partial charge in [-0.15, -0.1) is 0 Å². The van der Waals surface area contributed by atoms with Gasteiger partial charge in [-0.25, -0.2) is 4.98 Å². The number of likely N-dealkylation sites (tertiary alicyclic amines) is 1. The summed E-state index contributed by atoms with van der Waals surface area (Å²) in [6.45, 7) is 4.73. The minimum absolute atomic E-state index is 0.736. The van der Waals surface area contributed by atoms with E-state index in [4.69, 9.17) is 0 Å². The van der Waals surface area contributed by atoms with Crippen molar-refractivity contribution in [3.63, 3.8) is 0 Å². The quantitative estimate of drug-likeness (QED) is 0.919. The second-order valence-corrected chi connectivity index (χ2v) is 5.94. The fraction of sp³-hybridized carbons (Fsp3) is 0.438. The third-order valence-corrected chi connectivity index (χ3v) is 4.58. The number of hydrogen-bond donors (Lipinski definition) is 1. The molecule has 4 nitrogen and oxygen atoms in total. The van der Waals surface area contributed by atoms with Crippen LogP contribution in [0, 0.1) is 5.92 Å². The molecule has 2 saturated heterocycles. The van der Waals surface area contributed by atoms with Crippen LogP contribution in [0.25, 0.3) is 5.69 Å². The number of hydrogen-bond acceptors (Lipinski definition) is 3. The van der Waals surface area contributed by atoms with Gasteiger partial charge in [-0.3, -0.25) is 4.90 Å². The minimum atomic E-state index is 0.736. The Labute approximate surface area is 119 Å². The molecule has 2 aromatic rings. The molecule has 0 bridgehead atoms. The van der Waals surface area contributed by atoms with Crippen molar-refractivity contribution in [2.24, 2.45) is 5.92 Å². The van der Waals surface area contributed by atoms with Crippen molar-refractivity contribution >= 4 is 0 Å². The van der Waals surface area contributed by atoms with Gasteiger partial charge < -0.3 is 9.88 Å². The Morgan fingerprint density at radius 3 is 2.85 bits per heavy atom. The Hall–Kier alpha value is -1.65. The van der Waals surface area contributed by atoms with Gasteiger partial charge in [-0.05, 0) is 36.6 Å². The number of imidazole rings is 1. The number of rotatable bonds is 3. The molecular formula is C16H20N4. The summed E-state index contributed by atoms with van der Waals surface area (Å²) >= 11 is 0. The molecular weight excluding hydrogens is 248 g/mol. The smallest absolute Gasteiger partial charge is 0.0991 e. The first-order valence-electron chi connectivity index (χ1n) is 7.41. The summed E-state index contributed by atoms with van der Waals surface area (Å²) in [5.74, 6) is 0.875. The van der Waals surface area contributed by atoms with Crippen molar-refractivity contribution in [1.29, 1.82) is 0 Å². The number of fused-ring (bicyclic) bond motifs is 1. The standard InChI is InChI=1S/C16H20N4/c1-3-15(20-8-7-17-12-20)4-2-13(1)9-19-10-14-5-6-18-16(14)11-19/h1-4,7-8,12,14,16,18H,5-6,9-11H2. The zero-order valence-electron chi connectivity index (χ0n) is 11.6. The molecule has 20 heavy (non-hydrogen) atoms. The maximum absolute atomic E-state index is 4.08. The summed E-state index contributed by atoms with van der Waals surface area (Å²) in [7, 11) is 0. The van der Waals surface area contributed by atoms with E-state index in [1.807, 2.05) is 23.3 Å². The molecule has 0 spiro atoms. The largest absolute Gasteiger partial charge is 0.312 e. The first kappa shape index (κ1) is 12.1. The topological polar surface area (TPSA) is 33.1 Å². The van der Waals surface area contributed by atoms with Gasteiger partial charge in [-0.1, -0.05) is 12.1 Å². The highest BCUT2D eigenvalue weighted by molar-refractivity contribution is 5.34. The molecule has 2 aliphatic heterocycles. The van der Waals surface area contributed by atoms with Crippen LogP contribution in [-0.2, 0) is 6.54 Å². The highest BCUT2D eigenvalue weighted by atomic mass is 15.2. The first-order chi connectivity index (χ1) is 9.88. The predicted molar refractivity (Wildman–Crippen MR) is 78.7 cm³/mol. The van der Waals surface area contributed by atoms with Crippen LogP contribution in [0.1, 0.15) is 12.0 Å². The molecule has 0 saturated carbocycles. The van der Waals surface area contributed by atoms with Gasteiger partial charge in [0, 0.05) is 43.8 Å². The maximum Gasteiger partial charge on any atom is 0.0991 e. The van der Waals surface area contributed by atoms with Gasteiger partial charge in [0.05, 0.1) is 6.33 Å². The zero-order valence-corrected chi connectivity index (χ0v) is 11.6. The lowest BCUT2D eigenvalue weighted by Gasteiger charge is -2.17. The van der Waals surface area contributed by atoms with Crippen molar-refractivity contribution in [3.05, 3.63) is 48.5 Å². The number of benzene rings is 1. The molecule has 1 aromatic carbocycles. The molecule has 2 unspecified atom stereocenters. The average Bonchev–Trinajstić information content (AvgIpc) is 3.15. The van der Waals surface area contributed by atoms with Crippen molar-refractivity contribution in [1.82, 2.24) is 19.8 Å². The van der Waals surface area contributed by atoms with Gasteiger partial charge in [0.25, 0.3) is 0 Å². The van der Waals surface area contributed by atoms with E-state index < -0.39 is 0 Å². The second-order valence-electron chi connectivity index (χ2n) is 5.94. The van der Waals surface area contributed by atoms with E-state index >= 15 is 0 Å². The van der Waals surface area contributed by atoms with Crippen LogP contribution >= 0.6 is 0 Å². The van der Waals surface area contributed by atoms with E-state index in [2.05, 4.69) is 39.5 Å². The monoisotopic (exact) mass is 268 g/mol. The Bertz CT molecular complexity index is 549. The van der Waals surface area contributed by atoms with Gasteiger partial charge in [0.2, 0.25) is 0 Å². The molecule has 1 aromatic heterocycles. The molecule has 0 amide bonds. The van der Waals surface area contributed by atoms with Crippen LogP contribution in [0.2, 0.25) is 0 Å². The Morgan fingerprint density at radius 2 is 2.10 bits per heavy atom. The van der Waals surface area contributed by atoms with Gasteiger partial charge in [0.1, 0.15) is 0 Å². The molecule has 1 N–H and O–H groups in total. The Kier molecular flexibility index (Phi) is 3.05. The normalized spacial score (nSPS) is 26.0. The lowest BCUT2D eigenvalue weighted by Crippen LogP contribution is -2.29. The third kappa shape index (κ3) is 2.25. The lowest BCUT2D eigenvalue weighted by atomic mass is 10.1. The van der Waals surface area contributed by atoms with Crippen LogP contribution in [0.3, 0.4) is 0 Å². The molecule has 4 heteroatoms. The Morgan fingerprint density at radius 1 is 1.20 bits per heavy atom. The molecule has 0 aliphatic carbocycles. The van der Waals surface area contributed by atoms with Crippen LogP contribution in [-0.4, -0.2) is 40.1 Å². The summed E-state index contributed by atoms with van der Waals surface area (Å²) in [4.78, 5) is 6.66. The number of nitrogens with zero attached hydrogens (tertiary/aromatic N) is 3. The average molecular weight is 268 g/mol. The van der Waals surface area contributed by atoms with E-state index in [9.17, 15) is 0 Å². The summed E-state index contributed by atoms with van der Waals surface area (Å²) in [5.41, 5.74) is 2.57. The highest BCUT2D eigenvalue weighted by Gasteiger charge is 2.35. The van der Waals surface area contributed by atoms with Crippen LogP contribution in [0.5, 0.6) is 0 Å². The molecule has 2 fully saturated rings. The van der Waals surface area contributed by atoms with Crippen molar-refractivity contribution in [2.75, 3.05) is 19.6 Å². The van der Waals surface area contributed by atoms with E-state index in [1.54, 1.807) is 0 Å². The van der Waals surface area contributed by atoms with Gasteiger partial charge >= 0.3 is 0 Å². The molecule has 4 rings (SSSR count). The van der Waals surface area contributed by atoms with E-state index in [1.165, 1.54) is 37.3 Å². The van der Waals surface area contributed by atoms with Crippen LogP contribution in [0.15, 0.2) is 43.0 Å². The van der Waals surface area contributed by atoms with Crippen molar-refractivity contribution < 1.29 is 0 Å². The minimum Gasteiger partial charge on any atom is -0.312 e. The fourth-order valence-corrected chi connectivity index (χ4v) is 3.51. The van der Waals surface area contributed by atoms with Crippen molar-refractivity contribution in [2.45, 2.75) is 19.0 Å². The SMILES string of the molecule is c1cn(-c2ccc(CN3CC4CCNC4C3)cc2)cn1. The van der Waals surface area contributed by atoms with E-state index in [0.29, 0.717) is 0 Å². The van der Waals surface area contributed by atoms with Crippen molar-refractivity contribution in [3.8, 4) is 5.69 Å². The van der Waals surface area contributed by atoms with Crippen LogP contribution in [0.4, 0.5) is 0 Å². The molecule has 2 atom stereocenters. The summed E-state index contributed by atoms with van der Waals surface area (Å²) in [5, 5.41) is 3.61. The molecule has 104 valence electrons. The third-order valence-electron chi connectivity index (χ3n) is 4.58. The van der Waals surface area contributed by atoms with E-state index in [-0.39, 0.29) is 0 Å². The summed E-state index contributed by atoms with van der Waals surface area (Å²) < 4.78 is 2.04. The number of nitrogens with one attached hydrogen (secondary N) is 1. The maximum atomic E-state index is 4.08. The van der Waals surface area contributed by atoms with Gasteiger partial charge in [-0.2, -0.15) is 0 Å². The zero-order chi connectivity index (χ0) is 13.4. The first-order valence-corrected chi connectivity index (χ1v) is 7.41. The summed E-state index contributed by atoms with van der Waals surface area (Å²) in [6.07, 6.45) is 6.97. The molecule has 0 radical (unpaired) electrons. The molecule has 2 aliphatic rings. The van der Waals surface area contributed by atoms with Crippen LogP contribution < -0.4 is 5.32 Å². The Balaban J connectivity index is 1.42. The highest BCUT2D eigenvalue weighted by Crippen LogP contribution is 2.25. The second kappa shape index (κ2) is 5.04.